The number of piperidine rings is 1. The van der Waals surface area contributed by atoms with Crippen molar-refractivity contribution in [3.8, 4) is 0 Å². The number of nitrogens with one attached hydrogen (secondary N) is 2. The summed E-state index contributed by atoms with van der Waals surface area (Å²) in [6.07, 6.45) is 4.69. The molecule has 1 aromatic rings. The van der Waals surface area contributed by atoms with Gasteiger partial charge in [-0.15, -0.1) is 0 Å². The van der Waals surface area contributed by atoms with E-state index in [1.165, 1.54) is 0 Å². The molecule has 0 radical (unpaired) electrons. The van der Waals surface area contributed by atoms with Gasteiger partial charge in [-0.2, -0.15) is 0 Å². The van der Waals surface area contributed by atoms with E-state index in [-0.39, 0.29) is 43.2 Å². The Morgan fingerprint density at radius 1 is 1.09 bits per heavy atom. The van der Waals surface area contributed by atoms with Crippen molar-refractivity contribution in [3.05, 3.63) is 29.3 Å². The number of esters is 1. The van der Waals surface area contributed by atoms with Gasteiger partial charge in [-0.25, -0.2) is 0 Å². The molecule has 1 unspecified atom stereocenters. The van der Waals surface area contributed by atoms with Gasteiger partial charge < -0.3 is 14.8 Å². The van der Waals surface area contributed by atoms with Crippen LogP contribution in [0.25, 0.3) is 0 Å². The summed E-state index contributed by atoms with van der Waals surface area (Å²) < 4.78 is 10.6. The first-order chi connectivity index (χ1) is 16.4. The van der Waals surface area contributed by atoms with Gasteiger partial charge >= 0.3 is 5.97 Å². The van der Waals surface area contributed by atoms with Crippen LogP contribution in [0.1, 0.15) is 72.6 Å². The Bertz CT molecular complexity index is 946. The zero-order valence-electron chi connectivity index (χ0n) is 19.4. The molecule has 2 aliphatic rings. The third kappa shape index (κ3) is 6.19. The van der Waals surface area contributed by atoms with Crippen LogP contribution in [-0.2, 0) is 23.9 Å². The zero-order valence-corrected chi connectivity index (χ0v) is 19.4. The number of hydrogen-bond acceptors (Lipinski definition) is 8. The summed E-state index contributed by atoms with van der Waals surface area (Å²) in [6.45, 7) is 3.22. The first-order valence-corrected chi connectivity index (χ1v) is 11.8. The fourth-order valence-electron chi connectivity index (χ4n) is 4.00. The topological polar surface area (TPSA) is 131 Å². The molecule has 2 aliphatic heterocycles. The van der Waals surface area contributed by atoms with Crippen LogP contribution in [0.2, 0.25) is 0 Å². The molecule has 2 N–H and O–H groups in total. The highest BCUT2D eigenvalue weighted by Gasteiger charge is 2.45. The Kier molecular flexibility index (Phi) is 9.15. The van der Waals surface area contributed by atoms with E-state index >= 15 is 0 Å². The predicted octanol–water partition coefficient (Wildman–Crippen LogP) is 2.03. The molecule has 3 rings (SSSR count). The van der Waals surface area contributed by atoms with Gasteiger partial charge in [-0.1, -0.05) is 32.3 Å². The summed E-state index contributed by atoms with van der Waals surface area (Å²) in [6, 6.07) is 3.87. The SMILES string of the molecule is CCCCCCC(=O)OCCOCCNc1cccc2c1C(=O)N(C1CCC(=O)NC1=O)C2=O. The van der Waals surface area contributed by atoms with Crippen molar-refractivity contribution in [2.45, 2.75) is 57.9 Å². The Balaban J connectivity index is 1.44. The quantitative estimate of drug-likeness (QED) is 0.253. The summed E-state index contributed by atoms with van der Waals surface area (Å²) >= 11 is 0. The Morgan fingerprint density at radius 3 is 2.68 bits per heavy atom. The maximum atomic E-state index is 13.0. The lowest BCUT2D eigenvalue weighted by Gasteiger charge is -2.27. The summed E-state index contributed by atoms with van der Waals surface area (Å²) in [5.74, 6) is -2.39. The molecule has 1 atom stereocenters. The Hall–Kier alpha value is -3.27. The van der Waals surface area contributed by atoms with E-state index in [2.05, 4.69) is 17.6 Å². The molecule has 184 valence electrons. The minimum atomic E-state index is -1.00. The third-order valence-electron chi connectivity index (χ3n) is 5.76. The Labute approximate surface area is 198 Å². The van der Waals surface area contributed by atoms with Gasteiger partial charge in [-0.05, 0) is 25.0 Å². The number of ether oxygens (including phenoxy) is 2. The van der Waals surface area contributed by atoms with Crippen LogP contribution in [0.15, 0.2) is 18.2 Å². The van der Waals surface area contributed by atoms with Crippen molar-refractivity contribution in [2.24, 2.45) is 0 Å². The Morgan fingerprint density at radius 2 is 1.91 bits per heavy atom. The van der Waals surface area contributed by atoms with Crippen molar-refractivity contribution in [3.63, 3.8) is 0 Å². The van der Waals surface area contributed by atoms with Gasteiger partial charge in [0.1, 0.15) is 12.6 Å². The van der Waals surface area contributed by atoms with Crippen molar-refractivity contribution in [1.29, 1.82) is 0 Å². The highest BCUT2D eigenvalue weighted by atomic mass is 16.6. The number of benzene rings is 1. The molecule has 1 aromatic carbocycles. The number of anilines is 1. The normalized spacial score (nSPS) is 17.6. The molecule has 1 fully saturated rings. The van der Waals surface area contributed by atoms with Crippen LogP contribution in [0.4, 0.5) is 5.69 Å². The molecule has 0 aromatic heterocycles. The van der Waals surface area contributed by atoms with Gasteiger partial charge in [0, 0.05) is 25.1 Å². The summed E-state index contributed by atoms with van der Waals surface area (Å²) in [4.78, 5) is 62.0. The first kappa shape index (κ1) is 25.4. The first-order valence-electron chi connectivity index (χ1n) is 11.8. The molecule has 0 bridgehead atoms. The number of hydrogen-bond donors (Lipinski definition) is 2. The number of carbonyl (C=O) groups is 5. The molecular weight excluding hydrogens is 442 g/mol. The number of unbranched alkanes of at least 4 members (excludes halogenated alkanes) is 3. The second-order valence-electron chi connectivity index (χ2n) is 8.25. The van der Waals surface area contributed by atoms with E-state index in [0.717, 1.165) is 30.6 Å². The summed E-state index contributed by atoms with van der Waals surface area (Å²) in [5, 5.41) is 5.27. The molecular formula is C24H31N3O7. The largest absolute Gasteiger partial charge is 0.463 e. The zero-order chi connectivity index (χ0) is 24.5. The number of carbonyl (C=O) groups excluding carboxylic acids is 5. The molecule has 2 heterocycles. The molecule has 0 saturated carbocycles. The van der Waals surface area contributed by atoms with E-state index in [9.17, 15) is 24.0 Å². The second kappa shape index (κ2) is 12.3. The molecule has 34 heavy (non-hydrogen) atoms. The maximum absolute atomic E-state index is 13.0. The standard InChI is InChI=1S/C24H31N3O7/c1-2-3-4-5-9-20(29)34-15-14-33-13-12-25-17-8-6-7-16-21(17)24(32)27(23(16)31)18-10-11-19(28)26-22(18)30/h6-8,18,25H,2-5,9-15H2,1H3,(H,26,28,30). The van der Waals surface area contributed by atoms with E-state index in [1.54, 1.807) is 18.2 Å². The molecule has 1 saturated heterocycles. The van der Waals surface area contributed by atoms with Crippen LogP contribution >= 0.6 is 0 Å². The molecule has 10 heteroatoms. The lowest BCUT2D eigenvalue weighted by Crippen LogP contribution is -2.54. The lowest BCUT2D eigenvalue weighted by molar-refractivity contribution is -0.145. The van der Waals surface area contributed by atoms with Crippen molar-refractivity contribution >= 4 is 35.3 Å². The predicted molar refractivity (Wildman–Crippen MR) is 122 cm³/mol. The number of fused-ring (bicyclic) bond motifs is 1. The minimum Gasteiger partial charge on any atom is -0.463 e. The third-order valence-corrected chi connectivity index (χ3v) is 5.76. The average Bonchev–Trinajstić information content (AvgIpc) is 3.07. The molecule has 0 spiro atoms. The highest BCUT2D eigenvalue weighted by Crippen LogP contribution is 2.32. The van der Waals surface area contributed by atoms with Crippen LogP contribution in [0, 0.1) is 0 Å². The van der Waals surface area contributed by atoms with Crippen LogP contribution < -0.4 is 10.6 Å². The fourth-order valence-corrected chi connectivity index (χ4v) is 4.00. The number of amides is 4. The lowest BCUT2D eigenvalue weighted by atomic mass is 10.0. The molecule has 10 nitrogen and oxygen atoms in total. The highest BCUT2D eigenvalue weighted by molar-refractivity contribution is 6.25. The number of rotatable bonds is 13. The van der Waals surface area contributed by atoms with Crippen LogP contribution in [0.5, 0.6) is 0 Å². The summed E-state index contributed by atoms with van der Waals surface area (Å²) in [7, 11) is 0. The van der Waals surface area contributed by atoms with Gasteiger partial charge in [0.15, 0.2) is 0 Å². The van der Waals surface area contributed by atoms with Gasteiger partial charge in [0.2, 0.25) is 11.8 Å². The molecule has 4 amide bonds. The van der Waals surface area contributed by atoms with E-state index in [1.807, 2.05) is 0 Å². The average molecular weight is 474 g/mol. The number of nitrogens with zero attached hydrogens (tertiary/aromatic N) is 1. The van der Waals surface area contributed by atoms with Crippen LogP contribution in [0.3, 0.4) is 0 Å². The summed E-state index contributed by atoms with van der Waals surface area (Å²) in [5.41, 5.74) is 0.883. The minimum absolute atomic E-state index is 0.0699. The smallest absolute Gasteiger partial charge is 0.305 e. The fraction of sp³-hybridized carbons (Fsp3) is 0.542. The van der Waals surface area contributed by atoms with E-state index < -0.39 is 29.7 Å². The van der Waals surface area contributed by atoms with Gasteiger partial charge in [0.05, 0.1) is 24.3 Å². The van der Waals surface area contributed by atoms with Gasteiger partial charge in [0.25, 0.3) is 11.8 Å². The monoisotopic (exact) mass is 473 g/mol. The van der Waals surface area contributed by atoms with Crippen LogP contribution in [-0.4, -0.2) is 66.9 Å². The van der Waals surface area contributed by atoms with Crippen molar-refractivity contribution in [1.82, 2.24) is 10.2 Å². The number of imide groups is 2. The van der Waals surface area contributed by atoms with Crippen molar-refractivity contribution < 1.29 is 33.4 Å². The van der Waals surface area contributed by atoms with Gasteiger partial charge in [-0.3, -0.25) is 34.2 Å². The molecule has 0 aliphatic carbocycles. The van der Waals surface area contributed by atoms with E-state index in [0.29, 0.717) is 25.3 Å². The second-order valence-corrected chi connectivity index (χ2v) is 8.25. The van der Waals surface area contributed by atoms with E-state index in [4.69, 9.17) is 9.47 Å². The van der Waals surface area contributed by atoms with Crippen molar-refractivity contribution in [2.75, 3.05) is 31.7 Å². The maximum Gasteiger partial charge on any atom is 0.305 e.